The standard InChI is InChI=1S/C17H12FNS/c18-16-10-15(20-14-7-2-1-3-8-14)9-12-5-4-6-13(11-19)17(12)16/h1-3,6-10H,4-5H2. The van der Waals surface area contributed by atoms with E-state index < -0.39 is 0 Å². The first-order valence-corrected chi connectivity index (χ1v) is 7.25. The number of rotatable bonds is 2. The molecule has 0 unspecified atom stereocenters. The quantitative estimate of drug-likeness (QED) is 0.787. The zero-order valence-electron chi connectivity index (χ0n) is 10.8. The fraction of sp³-hybridized carbons (Fsp3) is 0.118. The molecule has 0 spiro atoms. The largest absolute Gasteiger partial charge is 0.206 e. The number of aryl methyl sites for hydroxylation is 1. The monoisotopic (exact) mass is 281 g/mol. The Labute approximate surface area is 121 Å². The normalized spacial score (nSPS) is 13.3. The number of nitrogens with zero attached hydrogens (tertiary/aromatic N) is 1. The second-order valence-corrected chi connectivity index (χ2v) is 5.77. The number of halogens is 1. The number of fused-ring (bicyclic) bond motifs is 1. The van der Waals surface area contributed by atoms with Crippen molar-refractivity contribution in [1.29, 1.82) is 5.26 Å². The molecular formula is C17H12FNS. The highest BCUT2D eigenvalue weighted by molar-refractivity contribution is 7.99. The maximum absolute atomic E-state index is 14.3. The van der Waals surface area contributed by atoms with Crippen LogP contribution in [-0.2, 0) is 6.42 Å². The van der Waals surface area contributed by atoms with Crippen molar-refractivity contribution < 1.29 is 4.39 Å². The first-order valence-electron chi connectivity index (χ1n) is 6.44. The van der Waals surface area contributed by atoms with Gasteiger partial charge >= 0.3 is 0 Å². The van der Waals surface area contributed by atoms with Gasteiger partial charge < -0.3 is 0 Å². The van der Waals surface area contributed by atoms with Crippen molar-refractivity contribution in [3.05, 3.63) is 65.5 Å². The molecule has 0 aliphatic heterocycles. The highest BCUT2D eigenvalue weighted by atomic mass is 32.2. The van der Waals surface area contributed by atoms with E-state index in [0.29, 0.717) is 11.1 Å². The molecule has 3 rings (SSSR count). The van der Waals surface area contributed by atoms with E-state index in [1.165, 1.54) is 6.07 Å². The molecule has 1 aliphatic carbocycles. The molecule has 20 heavy (non-hydrogen) atoms. The van der Waals surface area contributed by atoms with Crippen LogP contribution in [0.25, 0.3) is 5.57 Å². The van der Waals surface area contributed by atoms with Crippen LogP contribution in [0.2, 0.25) is 0 Å². The molecule has 0 saturated heterocycles. The van der Waals surface area contributed by atoms with Gasteiger partial charge in [0.1, 0.15) is 5.82 Å². The molecule has 0 heterocycles. The molecule has 1 aliphatic rings. The lowest BCUT2D eigenvalue weighted by Crippen LogP contribution is -2.02. The van der Waals surface area contributed by atoms with Gasteiger partial charge in [-0.3, -0.25) is 0 Å². The van der Waals surface area contributed by atoms with E-state index in [2.05, 4.69) is 6.07 Å². The highest BCUT2D eigenvalue weighted by Gasteiger charge is 2.18. The number of allylic oxidation sites excluding steroid dienone is 2. The summed E-state index contributed by atoms with van der Waals surface area (Å²) in [5.74, 6) is -0.298. The average molecular weight is 281 g/mol. The minimum Gasteiger partial charge on any atom is -0.206 e. The molecule has 0 atom stereocenters. The Morgan fingerprint density at radius 3 is 2.65 bits per heavy atom. The van der Waals surface area contributed by atoms with Crippen LogP contribution in [0.15, 0.2) is 58.3 Å². The smallest absolute Gasteiger partial charge is 0.133 e. The van der Waals surface area contributed by atoms with Crippen molar-refractivity contribution in [2.45, 2.75) is 22.6 Å². The Kier molecular flexibility index (Phi) is 3.58. The van der Waals surface area contributed by atoms with Gasteiger partial charge in [-0.25, -0.2) is 4.39 Å². The van der Waals surface area contributed by atoms with Crippen molar-refractivity contribution in [3.8, 4) is 6.07 Å². The summed E-state index contributed by atoms with van der Waals surface area (Å²) >= 11 is 1.54. The molecule has 0 saturated carbocycles. The lowest BCUT2D eigenvalue weighted by atomic mass is 9.91. The Bertz CT molecular complexity index is 714. The minimum atomic E-state index is -0.298. The molecule has 1 nitrogen and oxygen atoms in total. The lowest BCUT2D eigenvalue weighted by molar-refractivity contribution is 0.616. The summed E-state index contributed by atoms with van der Waals surface area (Å²) in [6.45, 7) is 0. The first-order chi connectivity index (χ1) is 9.78. The van der Waals surface area contributed by atoms with Gasteiger partial charge in [-0.05, 0) is 42.7 Å². The van der Waals surface area contributed by atoms with Crippen LogP contribution in [0.3, 0.4) is 0 Å². The summed E-state index contributed by atoms with van der Waals surface area (Å²) < 4.78 is 14.3. The fourth-order valence-electron chi connectivity index (χ4n) is 2.39. The third-order valence-corrected chi connectivity index (χ3v) is 4.26. The molecule has 0 bridgehead atoms. The molecule has 0 N–H and O–H groups in total. The summed E-state index contributed by atoms with van der Waals surface area (Å²) in [6, 6.07) is 15.5. The second-order valence-electron chi connectivity index (χ2n) is 4.62. The lowest BCUT2D eigenvalue weighted by Gasteiger charge is -2.15. The number of benzene rings is 2. The SMILES string of the molecule is N#CC1=CCCc2cc(Sc3ccccc3)cc(F)c21. The van der Waals surface area contributed by atoms with Crippen LogP contribution in [-0.4, -0.2) is 0 Å². The summed E-state index contributed by atoms with van der Waals surface area (Å²) in [7, 11) is 0. The van der Waals surface area contributed by atoms with E-state index in [-0.39, 0.29) is 5.82 Å². The topological polar surface area (TPSA) is 23.8 Å². The van der Waals surface area contributed by atoms with Crippen molar-refractivity contribution in [1.82, 2.24) is 0 Å². The van der Waals surface area contributed by atoms with Crippen molar-refractivity contribution in [3.63, 3.8) is 0 Å². The second kappa shape index (κ2) is 5.52. The van der Waals surface area contributed by atoms with Gasteiger partial charge in [0.05, 0.1) is 11.6 Å². The molecule has 0 aromatic heterocycles. The fourth-order valence-corrected chi connectivity index (χ4v) is 3.32. The zero-order valence-corrected chi connectivity index (χ0v) is 11.6. The molecule has 98 valence electrons. The van der Waals surface area contributed by atoms with Crippen LogP contribution < -0.4 is 0 Å². The van der Waals surface area contributed by atoms with E-state index in [0.717, 1.165) is 28.2 Å². The van der Waals surface area contributed by atoms with Crippen LogP contribution >= 0.6 is 11.8 Å². The Morgan fingerprint density at radius 1 is 1.10 bits per heavy atom. The van der Waals surface area contributed by atoms with Gasteiger partial charge in [-0.2, -0.15) is 5.26 Å². The number of hydrogen-bond acceptors (Lipinski definition) is 2. The Balaban J connectivity index is 1.99. The van der Waals surface area contributed by atoms with Crippen LogP contribution in [0.1, 0.15) is 17.5 Å². The molecule has 2 aromatic rings. The van der Waals surface area contributed by atoms with Gasteiger partial charge in [-0.1, -0.05) is 36.0 Å². The Hall–Kier alpha value is -2.05. The predicted molar refractivity (Wildman–Crippen MR) is 78.9 cm³/mol. The molecule has 0 fully saturated rings. The van der Waals surface area contributed by atoms with Gasteiger partial charge in [-0.15, -0.1) is 0 Å². The van der Waals surface area contributed by atoms with Crippen LogP contribution in [0, 0.1) is 17.1 Å². The third-order valence-electron chi connectivity index (χ3n) is 3.28. The van der Waals surface area contributed by atoms with Gasteiger partial charge in [0, 0.05) is 15.4 Å². The first kappa shape index (κ1) is 13.0. The van der Waals surface area contributed by atoms with Gasteiger partial charge in [0.15, 0.2) is 0 Å². The minimum absolute atomic E-state index is 0.298. The van der Waals surface area contributed by atoms with Crippen molar-refractivity contribution in [2.24, 2.45) is 0 Å². The summed E-state index contributed by atoms with van der Waals surface area (Å²) in [6.07, 6.45) is 3.41. The predicted octanol–water partition coefficient (Wildman–Crippen LogP) is 4.83. The van der Waals surface area contributed by atoms with Crippen molar-refractivity contribution in [2.75, 3.05) is 0 Å². The van der Waals surface area contributed by atoms with E-state index in [4.69, 9.17) is 5.26 Å². The highest BCUT2D eigenvalue weighted by Crippen LogP contribution is 2.35. The van der Waals surface area contributed by atoms with E-state index >= 15 is 0 Å². The van der Waals surface area contributed by atoms with E-state index in [1.807, 2.05) is 42.5 Å². The van der Waals surface area contributed by atoms with Crippen molar-refractivity contribution >= 4 is 17.3 Å². The zero-order chi connectivity index (χ0) is 13.9. The summed E-state index contributed by atoms with van der Waals surface area (Å²) in [5.41, 5.74) is 1.87. The molecule has 0 amide bonds. The maximum Gasteiger partial charge on any atom is 0.133 e. The number of nitriles is 1. The van der Waals surface area contributed by atoms with Crippen LogP contribution in [0.5, 0.6) is 0 Å². The van der Waals surface area contributed by atoms with Gasteiger partial charge in [0.2, 0.25) is 0 Å². The Morgan fingerprint density at radius 2 is 1.90 bits per heavy atom. The molecule has 2 aromatic carbocycles. The van der Waals surface area contributed by atoms with Crippen LogP contribution in [0.4, 0.5) is 4.39 Å². The molecular weight excluding hydrogens is 269 g/mol. The van der Waals surface area contributed by atoms with E-state index in [9.17, 15) is 4.39 Å². The molecule has 0 radical (unpaired) electrons. The maximum atomic E-state index is 14.3. The molecule has 3 heteroatoms. The van der Waals surface area contributed by atoms with Gasteiger partial charge in [0.25, 0.3) is 0 Å². The number of hydrogen-bond donors (Lipinski definition) is 0. The third kappa shape index (κ3) is 2.48. The van der Waals surface area contributed by atoms with E-state index in [1.54, 1.807) is 11.8 Å². The summed E-state index contributed by atoms with van der Waals surface area (Å²) in [4.78, 5) is 1.96. The average Bonchev–Trinajstić information content (AvgIpc) is 2.47. The summed E-state index contributed by atoms with van der Waals surface area (Å²) in [5, 5.41) is 9.08.